The second-order valence-electron chi connectivity index (χ2n) is 7.20. The molecule has 0 atom stereocenters. The molecule has 1 saturated carbocycles. The summed E-state index contributed by atoms with van der Waals surface area (Å²) >= 11 is 0. The molecule has 0 bridgehead atoms. The third-order valence-corrected chi connectivity index (χ3v) is 5.10. The lowest BCUT2D eigenvalue weighted by Crippen LogP contribution is -2.19. The number of nitrogens with zero attached hydrogens (tertiary/aromatic N) is 4. The van der Waals surface area contributed by atoms with Crippen LogP contribution in [-0.4, -0.2) is 32.0 Å². The highest BCUT2D eigenvalue weighted by Gasteiger charge is 2.18. The minimum absolute atomic E-state index is 0.00860. The summed E-state index contributed by atoms with van der Waals surface area (Å²) in [7, 11) is 1.57. The summed E-state index contributed by atoms with van der Waals surface area (Å²) in [6.45, 7) is 0. The number of pyridine rings is 1. The smallest absolute Gasteiger partial charge is 0.294 e. The average molecular weight is 396 g/mol. The molecule has 1 N–H and O–H groups in total. The molecule has 2 aromatic heterocycles. The van der Waals surface area contributed by atoms with Crippen molar-refractivity contribution in [2.24, 2.45) is 18.0 Å². The summed E-state index contributed by atoms with van der Waals surface area (Å²) in [5.41, 5.74) is -0.0206. The fourth-order valence-corrected chi connectivity index (χ4v) is 3.41. The van der Waals surface area contributed by atoms with Crippen LogP contribution in [0.25, 0.3) is 11.0 Å². The quantitative estimate of drug-likeness (QED) is 0.682. The third-order valence-electron chi connectivity index (χ3n) is 5.10. The summed E-state index contributed by atoms with van der Waals surface area (Å²) in [4.78, 5) is 25.6. The molecule has 2 heterocycles. The minimum Gasteiger partial charge on any atom is -0.448 e. The molecule has 1 fully saturated rings. The van der Waals surface area contributed by atoms with Gasteiger partial charge in [0.2, 0.25) is 0 Å². The maximum atomic E-state index is 13.8. The van der Waals surface area contributed by atoms with Gasteiger partial charge in [-0.1, -0.05) is 12.1 Å². The first-order valence-corrected chi connectivity index (χ1v) is 9.52. The maximum absolute atomic E-state index is 13.8. The standard InChI is InChI=1S/C21H21FN4O3/c1-26-19-14(10-18(20(26)28)29-17-5-3-2-4-16(17)22)12-24-21(25-19)23-11-13-6-8-15(27)9-7-13/h2-5,10-13,15,27H,6-9H2,1H3/b23-11+. The number of aryl methyl sites for hydroxylation is 1. The molecule has 1 aromatic carbocycles. The predicted molar refractivity (Wildman–Crippen MR) is 107 cm³/mol. The van der Waals surface area contributed by atoms with Gasteiger partial charge in [-0.25, -0.2) is 14.4 Å². The maximum Gasteiger partial charge on any atom is 0.294 e. The lowest BCUT2D eigenvalue weighted by molar-refractivity contribution is 0.121. The monoisotopic (exact) mass is 396 g/mol. The number of aliphatic imine (C=N–C) groups is 1. The zero-order valence-corrected chi connectivity index (χ0v) is 16.0. The van der Waals surface area contributed by atoms with E-state index in [1.54, 1.807) is 25.4 Å². The summed E-state index contributed by atoms with van der Waals surface area (Å²) in [5, 5.41) is 10.2. The van der Waals surface area contributed by atoms with Crippen molar-refractivity contribution in [2.75, 3.05) is 0 Å². The van der Waals surface area contributed by atoms with Gasteiger partial charge >= 0.3 is 0 Å². The van der Waals surface area contributed by atoms with Crippen LogP contribution >= 0.6 is 0 Å². The number of ether oxygens (including phenoxy) is 1. The van der Waals surface area contributed by atoms with Gasteiger partial charge in [-0.15, -0.1) is 0 Å². The second-order valence-corrected chi connectivity index (χ2v) is 7.20. The van der Waals surface area contributed by atoms with Crippen LogP contribution in [0.3, 0.4) is 0 Å². The van der Waals surface area contributed by atoms with E-state index in [9.17, 15) is 14.3 Å². The zero-order valence-electron chi connectivity index (χ0n) is 16.0. The fourth-order valence-electron chi connectivity index (χ4n) is 3.41. The van der Waals surface area contributed by atoms with Gasteiger partial charge in [0.1, 0.15) is 5.65 Å². The van der Waals surface area contributed by atoms with Gasteiger partial charge in [-0.3, -0.25) is 9.36 Å². The van der Waals surface area contributed by atoms with E-state index >= 15 is 0 Å². The molecule has 150 valence electrons. The molecule has 0 radical (unpaired) electrons. The van der Waals surface area contributed by atoms with Crippen LogP contribution in [0.5, 0.6) is 11.5 Å². The van der Waals surface area contributed by atoms with E-state index in [1.807, 2.05) is 6.21 Å². The summed E-state index contributed by atoms with van der Waals surface area (Å²) in [6.07, 6.45) is 6.48. The topological polar surface area (TPSA) is 89.6 Å². The van der Waals surface area contributed by atoms with Crippen molar-refractivity contribution in [2.45, 2.75) is 31.8 Å². The molecular weight excluding hydrogens is 375 g/mol. The van der Waals surface area contributed by atoms with Gasteiger partial charge in [0.25, 0.3) is 11.5 Å². The Hall–Kier alpha value is -3.13. The van der Waals surface area contributed by atoms with Crippen LogP contribution in [0.1, 0.15) is 25.7 Å². The van der Waals surface area contributed by atoms with Gasteiger partial charge in [0, 0.05) is 24.8 Å². The van der Waals surface area contributed by atoms with Crippen molar-refractivity contribution in [3.05, 3.63) is 52.7 Å². The van der Waals surface area contributed by atoms with Gasteiger partial charge in [-0.05, 0) is 49.8 Å². The number of aliphatic hydroxyl groups excluding tert-OH is 1. The molecule has 7 nitrogen and oxygen atoms in total. The second kappa shape index (κ2) is 8.08. The molecule has 0 spiro atoms. The number of fused-ring (bicyclic) bond motifs is 1. The fraction of sp³-hybridized carbons (Fsp3) is 0.333. The Morgan fingerprint density at radius 1 is 1.24 bits per heavy atom. The van der Waals surface area contributed by atoms with Gasteiger partial charge in [-0.2, -0.15) is 4.98 Å². The van der Waals surface area contributed by atoms with E-state index in [1.165, 1.54) is 22.8 Å². The number of hydrogen-bond acceptors (Lipinski definition) is 6. The molecule has 1 aliphatic rings. The van der Waals surface area contributed by atoms with Crippen LogP contribution in [0.2, 0.25) is 0 Å². The average Bonchev–Trinajstić information content (AvgIpc) is 2.73. The number of halogens is 1. The SMILES string of the molecule is Cn1c(=O)c(Oc2ccccc2F)cc2cnc(/N=C/C3CCC(O)CC3)nc21. The Morgan fingerprint density at radius 2 is 2.00 bits per heavy atom. The largest absolute Gasteiger partial charge is 0.448 e. The molecule has 0 saturated heterocycles. The highest BCUT2D eigenvalue weighted by molar-refractivity contribution is 5.77. The molecular formula is C21H21FN4O3. The molecule has 4 rings (SSSR count). The van der Waals surface area contributed by atoms with E-state index in [2.05, 4.69) is 15.0 Å². The first kappa shape index (κ1) is 19.2. The Kier molecular flexibility index (Phi) is 5.35. The van der Waals surface area contributed by atoms with Crippen molar-refractivity contribution in [3.63, 3.8) is 0 Å². The van der Waals surface area contributed by atoms with Gasteiger partial charge in [0.05, 0.1) is 6.10 Å². The molecule has 3 aromatic rings. The Labute approximate surface area is 166 Å². The lowest BCUT2D eigenvalue weighted by Gasteiger charge is -2.21. The van der Waals surface area contributed by atoms with E-state index in [-0.39, 0.29) is 29.5 Å². The van der Waals surface area contributed by atoms with Crippen molar-refractivity contribution in [3.8, 4) is 11.5 Å². The molecule has 0 unspecified atom stereocenters. The van der Waals surface area contributed by atoms with Crippen LogP contribution < -0.4 is 10.3 Å². The van der Waals surface area contributed by atoms with Crippen LogP contribution in [0.4, 0.5) is 10.3 Å². The third kappa shape index (κ3) is 4.17. The van der Waals surface area contributed by atoms with Gasteiger partial charge < -0.3 is 9.84 Å². The Balaban J connectivity index is 1.62. The normalized spacial score (nSPS) is 19.7. The van der Waals surface area contributed by atoms with Crippen molar-refractivity contribution in [1.82, 2.24) is 14.5 Å². The number of benzene rings is 1. The predicted octanol–water partition coefficient (Wildman–Crippen LogP) is 3.51. The highest BCUT2D eigenvalue weighted by Crippen LogP contribution is 2.25. The van der Waals surface area contributed by atoms with E-state index < -0.39 is 11.4 Å². The number of hydrogen-bond donors (Lipinski definition) is 1. The summed E-state index contributed by atoms with van der Waals surface area (Å²) < 4.78 is 20.7. The van der Waals surface area contributed by atoms with E-state index in [0.29, 0.717) is 11.0 Å². The lowest BCUT2D eigenvalue weighted by atomic mass is 9.88. The Morgan fingerprint density at radius 3 is 2.76 bits per heavy atom. The number of rotatable bonds is 4. The molecule has 1 aliphatic carbocycles. The van der Waals surface area contributed by atoms with Crippen molar-refractivity contribution < 1.29 is 14.2 Å². The molecule has 8 heteroatoms. The van der Waals surface area contributed by atoms with Crippen LogP contribution in [0.15, 0.2) is 46.3 Å². The molecule has 29 heavy (non-hydrogen) atoms. The van der Waals surface area contributed by atoms with Crippen molar-refractivity contribution >= 4 is 23.2 Å². The van der Waals surface area contributed by atoms with Gasteiger partial charge in [0.15, 0.2) is 17.3 Å². The molecule has 0 aliphatic heterocycles. The van der Waals surface area contributed by atoms with Crippen LogP contribution in [0, 0.1) is 11.7 Å². The highest BCUT2D eigenvalue weighted by atomic mass is 19.1. The molecule has 0 amide bonds. The number of aromatic nitrogens is 3. The summed E-state index contributed by atoms with van der Waals surface area (Å²) in [6, 6.07) is 7.40. The van der Waals surface area contributed by atoms with E-state index in [4.69, 9.17) is 4.74 Å². The number of para-hydroxylation sites is 1. The minimum atomic E-state index is -0.550. The zero-order chi connectivity index (χ0) is 20.4. The summed E-state index contributed by atoms with van der Waals surface area (Å²) in [5.74, 6) is -0.0281. The Bertz CT molecular complexity index is 1120. The first-order chi connectivity index (χ1) is 14.0. The van der Waals surface area contributed by atoms with Crippen molar-refractivity contribution in [1.29, 1.82) is 0 Å². The number of aliphatic hydroxyl groups is 1. The van der Waals surface area contributed by atoms with Crippen LogP contribution in [-0.2, 0) is 7.05 Å². The first-order valence-electron chi connectivity index (χ1n) is 9.52. The van der Waals surface area contributed by atoms with E-state index in [0.717, 1.165) is 25.7 Å².